The molecule has 3 heterocycles. The zero-order valence-corrected chi connectivity index (χ0v) is 25.4. The van der Waals surface area contributed by atoms with E-state index >= 15 is 0 Å². The molecule has 3 aromatic carbocycles. The van der Waals surface area contributed by atoms with Gasteiger partial charge in [-0.2, -0.15) is 8.42 Å². The van der Waals surface area contributed by atoms with Crippen LogP contribution in [0.1, 0.15) is 21.5 Å². The highest BCUT2D eigenvalue weighted by Crippen LogP contribution is 2.26. The lowest BCUT2D eigenvalue weighted by atomic mass is 10.1. The molecule has 45 heavy (non-hydrogen) atoms. The van der Waals surface area contributed by atoms with E-state index in [2.05, 4.69) is 26.8 Å². The Morgan fingerprint density at radius 2 is 1.78 bits per heavy atom. The summed E-state index contributed by atoms with van der Waals surface area (Å²) in [5.74, 6) is -0.499. The highest BCUT2D eigenvalue weighted by molar-refractivity contribution is 7.85. The van der Waals surface area contributed by atoms with Crippen LogP contribution in [0.5, 0.6) is 0 Å². The number of aliphatic hydroxyl groups is 1. The van der Waals surface area contributed by atoms with Gasteiger partial charge in [0, 0.05) is 17.1 Å². The third-order valence-electron chi connectivity index (χ3n) is 6.55. The molecule has 0 saturated heterocycles. The van der Waals surface area contributed by atoms with Gasteiger partial charge in [0.1, 0.15) is 5.52 Å². The number of aryl methyl sites for hydroxylation is 1. The fourth-order valence-corrected chi connectivity index (χ4v) is 5.05. The fraction of sp³-hybridized carbons (Fsp3) is 0.129. The number of carbonyl (C=O) groups is 1. The molecule has 14 heteroatoms. The summed E-state index contributed by atoms with van der Waals surface area (Å²) >= 11 is 6.34. The molecular formula is C31H27ClN6O6S. The molecule has 0 aliphatic rings. The van der Waals surface area contributed by atoms with Crippen LogP contribution in [0.3, 0.4) is 0 Å². The Balaban J connectivity index is 0.000000309. The van der Waals surface area contributed by atoms with Crippen LogP contribution in [0.2, 0.25) is 5.02 Å². The number of nitrogens with one attached hydrogen (secondary N) is 1. The van der Waals surface area contributed by atoms with Gasteiger partial charge in [-0.25, -0.2) is 15.1 Å². The van der Waals surface area contributed by atoms with Gasteiger partial charge in [0.2, 0.25) is 0 Å². The van der Waals surface area contributed by atoms with Crippen molar-refractivity contribution >= 4 is 49.7 Å². The molecule has 3 N–H and O–H groups in total. The Bertz CT molecular complexity index is 2090. The average molecular weight is 647 g/mol. The first-order chi connectivity index (χ1) is 21.6. The standard InChI is InChI=1S/C24H19ClN6O3.C7H8O3S/c25-19-13-17(4-5-18(19)24(33)29-34-11-10-32)21-7-8-22-23(27-21)31(30-28-22)14-15-3-6-20-16(12-15)2-1-9-26-20;1-6-2-4-7(5-3-6)11(8,9)10/h1-9,12-13,32H,10-11,14H2,(H,29,33);2-5H,1H3,(H,8,9,10). The molecule has 0 spiro atoms. The maximum Gasteiger partial charge on any atom is 0.294 e. The Labute approximate surface area is 263 Å². The van der Waals surface area contributed by atoms with Gasteiger partial charge in [-0.3, -0.25) is 19.2 Å². The lowest BCUT2D eigenvalue weighted by Gasteiger charge is -2.08. The predicted octanol–water partition coefficient (Wildman–Crippen LogP) is 4.64. The molecule has 6 aromatic rings. The first-order valence-electron chi connectivity index (χ1n) is 13.5. The van der Waals surface area contributed by atoms with Crippen molar-refractivity contribution in [2.75, 3.05) is 13.2 Å². The minimum atomic E-state index is -4.02. The molecule has 0 atom stereocenters. The van der Waals surface area contributed by atoms with Crippen molar-refractivity contribution in [2.45, 2.75) is 18.4 Å². The Morgan fingerprint density at radius 3 is 2.51 bits per heavy atom. The van der Waals surface area contributed by atoms with Gasteiger partial charge in [-0.15, -0.1) is 5.10 Å². The van der Waals surface area contributed by atoms with Crippen LogP contribution in [0.15, 0.2) is 96.0 Å². The van der Waals surface area contributed by atoms with Gasteiger partial charge in [-0.1, -0.05) is 52.7 Å². The number of aliphatic hydroxyl groups excluding tert-OH is 1. The van der Waals surface area contributed by atoms with Crippen molar-refractivity contribution < 1.29 is 27.7 Å². The van der Waals surface area contributed by atoms with Crippen LogP contribution in [0, 0.1) is 6.92 Å². The molecule has 0 saturated carbocycles. The van der Waals surface area contributed by atoms with Crippen LogP contribution in [0.4, 0.5) is 0 Å². The van der Waals surface area contributed by atoms with E-state index in [-0.39, 0.29) is 28.7 Å². The number of halogens is 1. The maximum atomic E-state index is 12.2. The zero-order chi connectivity index (χ0) is 32.0. The van der Waals surface area contributed by atoms with E-state index in [0.717, 1.165) is 27.6 Å². The monoisotopic (exact) mass is 646 g/mol. The summed E-state index contributed by atoms with van der Waals surface area (Å²) in [6.45, 7) is 2.13. The summed E-state index contributed by atoms with van der Waals surface area (Å²) in [4.78, 5) is 26.1. The molecule has 0 radical (unpaired) electrons. The van der Waals surface area contributed by atoms with Crippen LogP contribution in [-0.4, -0.2) is 62.2 Å². The van der Waals surface area contributed by atoms with Gasteiger partial charge >= 0.3 is 0 Å². The van der Waals surface area contributed by atoms with Crippen molar-refractivity contribution in [3.63, 3.8) is 0 Å². The number of hydrogen-bond donors (Lipinski definition) is 3. The van der Waals surface area contributed by atoms with Gasteiger partial charge in [0.25, 0.3) is 16.0 Å². The average Bonchev–Trinajstić information content (AvgIpc) is 3.42. The maximum absolute atomic E-state index is 12.2. The van der Waals surface area contributed by atoms with Crippen molar-refractivity contribution in [1.29, 1.82) is 0 Å². The highest BCUT2D eigenvalue weighted by atomic mass is 35.5. The second kappa shape index (κ2) is 13.9. The summed E-state index contributed by atoms with van der Waals surface area (Å²) < 4.78 is 31.3. The van der Waals surface area contributed by atoms with Crippen molar-refractivity contribution in [2.24, 2.45) is 0 Å². The molecule has 0 unspecified atom stereocenters. The SMILES string of the molecule is Cc1ccc(S(=O)(=O)O)cc1.O=C(NOCCO)c1ccc(-c2ccc3nnn(Cc4ccc5ncccc5c4)c3n2)cc1Cl. The number of rotatable bonds is 8. The molecule has 0 aliphatic carbocycles. The summed E-state index contributed by atoms with van der Waals surface area (Å²) in [7, 11) is -4.02. The van der Waals surface area contributed by atoms with E-state index in [4.69, 9.17) is 31.1 Å². The number of pyridine rings is 2. The number of carbonyl (C=O) groups excluding carboxylic acids is 1. The summed E-state index contributed by atoms with van der Waals surface area (Å²) in [5.41, 5.74) is 8.16. The number of hydroxylamine groups is 1. The first-order valence-corrected chi connectivity index (χ1v) is 15.3. The normalized spacial score (nSPS) is 11.3. The quantitative estimate of drug-likeness (QED) is 0.120. The predicted molar refractivity (Wildman–Crippen MR) is 168 cm³/mol. The van der Waals surface area contributed by atoms with E-state index in [1.807, 2.05) is 43.3 Å². The van der Waals surface area contributed by atoms with Crippen molar-refractivity contribution in [3.8, 4) is 11.3 Å². The van der Waals surface area contributed by atoms with Crippen LogP contribution < -0.4 is 5.48 Å². The molecule has 6 rings (SSSR count). The number of hydrogen-bond acceptors (Lipinski definition) is 9. The smallest absolute Gasteiger partial charge is 0.294 e. The van der Waals surface area contributed by atoms with Crippen LogP contribution in [-0.2, 0) is 21.5 Å². The third-order valence-corrected chi connectivity index (χ3v) is 7.73. The lowest BCUT2D eigenvalue weighted by Crippen LogP contribution is -2.25. The van der Waals surface area contributed by atoms with Crippen LogP contribution >= 0.6 is 11.6 Å². The van der Waals surface area contributed by atoms with Gasteiger partial charge in [0.15, 0.2) is 5.65 Å². The second-order valence-corrected chi connectivity index (χ2v) is 11.6. The summed E-state index contributed by atoms with van der Waals surface area (Å²) in [6.07, 6.45) is 1.77. The molecule has 12 nitrogen and oxygen atoms in total. The lowest BCUT2D eigenvalue weighted by molar-refractivity contribution is 0.0168. The van der Waals surface area contributed by atoms with E-state index in [1.165, 1.54) is 12.1 Å². The molecule has 1 amide bonds. The molecule has 3 aromatic heterocycles. The highest BCUT2D eigenvalue weighted by Gasteiger charge is 2.14. The number of nitrogens with zero attached hydrogens (tertiary/aromatic N) is 5. The minimum Gasteiger partial charge on any atom is -0.394 e. The van der Waals surface area contributed by atoms with Crippen LogP contribution in [0.25, 0.3) is 33.3 Å². The van der Waals surface area contributed by atoms with E-state index in [9.17, 15) is 13.2 Å². The van der Waals surface area contributed by atoms with E-state index in [0.29, 0.717) is 23.4 Å². The van der Waals surface area contributed by atoms with Crippen molar-refractivity contribution in [1.82, 2.24) is 30.4 Å². The molecule has 0 aliphatic heterocycles. The van der Waals surface area contributed by atoms with Gasteiger partial charge in [-0.05, 0) is 67.1 Å². The number of amides is 1. The summed E-state index contributed by atoms with van der Waals surface area (Å²) in [6, 6.07) is 24.7. The largest absolute Gasteiger partial charge is 0.394 e. The molecule has 230 valence electrons. The van der Waals surface area contributed by atoms with Gasteiger partial charge in [0.05, 0.1) is 46.5 Å². The first kappa shape index (κ1) is 31.6. The fourth-order valence-electron chi connectivity index (χ4n) is 4.30. The Hall–Kier alpha value is -4.79. The zero-order valence-electron chi connectivity index (χ0n) is 23.8. The Morgan fingerprint density at radius 1 is 1.00 bits per heavy atom. The molecule has 0 fully saturated rings. The number of aromatic nitrogens is 5. The minimum absolute atomic E-state index is 0.0107. The topological polar surface area (TPSA) is 169 Å². The Kier molecular flexibility index (Phi) is 9.76. The van der Waals surface area contributed by atoms with Crippen molar-refractivity contribution in [3.05, 3.63) is 113 Å². The second-order valence-electron chi connectivity index (χ2n) is 9.80. The molecular weight excluding hydrogens is 620 g/mol. The van der Waals surface area contributed by atoms with E-state index < -0.39 is 16.0 Å². The summed E-state index contributed by atoms with van der Waals surface area (Å²) in [5, 5.41) is 18.6. The third kappa shape index (κ3) is 7.84. The number of fused-ring (bicyclic) bond motifs is 2. The number of benzene rings is 3. The van der Waals surface area contributed by atoms with E-state index in [1.54, 1.807) is 41.2 Å². The molecule has 0 bridgehead atoms. The van der Waals surface area contributed by atoms with Gasteiger partial charge < -0.3 is 5.11 Å².